The number of rotatable bonds is 5. The Bertz CT molecular complexity index is 972. The van der Waals surface area contributed by atoms with Gasteiger partial charge in [0.05, 0.1) is 18.4 Å². The molecule has 32 heavy (non-hydrogen) atoms. The zero-order chi connectivity index (χ0) is 22.7. The lowest BCUT2D eigenvalue weighted by Crippen LogP contribution is -2.52. The van der Waals surface area contributed by atoms with Crippen LogP contribution in [0, 0.1) is 11.7 Å². The second kappa shape index (κ2) is 9.51. The summed E-state index contributed by atoms with van der Waals surface area (Å²) in [5.74, 6) is -0.687. The van der Waals surface area contributed by atoms with E-state index < -0.39 is 0 Å². The predicted molar refractivity (Wildman–Crippen MR) is 118 cm³/mol. The van der Waals surface area contributed by atoms with Gasteiger partial charge in [-0.3, -0.25) is 14.4 Å². The number of hydrogen-bond acceptors (Lipinski definition) is 3. The van der Waals surface area contributed by atoms with Gasteiger partial charge < -0.3 is 14.7 Å². The van der Waals surface area contributed by atoms with Crippen molar-refractivity contribution < 1.29 is 18.8 Å². The van der Waals surface area contributed by atoms with Gasteiger partial charge in [-0.15, -0.1) is 0 Å². The molecule has 2 aromatic rings. The van der Waals surface area contributed by atoms with E-state index in [0.29, 0.717) is 32.7 Å². The third kappa shape index (κ3) is 4.82. The first kappa shape index (κ1) is 22.0. The Morgan fingerprint density at radius 1 is 0.969 bits per heavy atom. The molecule has 0 N–H and O–H groups in total. The average Bonchev–Trinajstić information content (AvgIpc) is 3.21. The molecule has 2 aliphatic rings. The highest BCUT2D eigenvalue weighted by molar-refractivity contribution is 5.89. The van der Waals surface area contributed by atoms with Crippen molar-refractivity contribution in [2.75, 3.05) is 32.7 Å². The molecule has 2 fully saturated rings. The zero-order valence-corrected chi connectivity index (χ0v) is 18.2. The summed E-state index contributed by atoms with van der Waals surface area (Å²) < 4.78 is 13.0. The molecule has 0 aromatic heterocycles. The van der Waals surface area contributed by atoms with Crippen LogP contribution < -0.4 is 0 Å². The molecule has 2 atom stereocenters. The van der Waals surface area contributed by atoms with E-state index in [1.807, 2.05) is 37.3 Å². The number of hydrogen-bond donors (Lipinski definition) is 0. The SMILES string of the molecule is CC(c1ccccc1)N1CC(C(=O)N2CCN(C(=O)Cc3ccc(F)cc3)CC2)CC1=O. The lowest BCUT2D eigenvalue weighted by molar-refractivity contribution is -0.141. The van der Waals surface area contributed by atoms with Crippen molar-refractivity contribution in [2.45, 2.75) is 25.8 Å². The molecule has 0 bridgehead atoms. The standard InChI is InChI=1S/C25H28FN3O3/c1-18(20-5-3-2-4-6-20)29-17-21(16-24(29)31)25(32)28-13-11-27(12-14-28)23(30)15-19-7-9-22(26)10-8-19/h2-10,18,21H,11-17H2,1H3. The van der Waals surface area contributed by atoms with Gasteiger partial charge in [0.25, 0.3) is 0 Å². The molecule has 2 unspecified atom stereocenters. The molecule has 6 nitrogen and oxygen atoms in total. The normalized spacial score (nSPS) is 19.9. The summed E-state index contributed by atoms with van der Waals surface area (Å²) in [6.45, 7) is 4.29. The van der Waals surface area contributed by atoms with Crippen LogP contribution in [0.2, 0.25) is 0 Å². The molecule has 168 valence electrons. The number of likely N-dealkylation sites (tertiary alicyclic amines) is 1. The molecule has 2 heterocycles. The van der Waals surface area contributed by atoms with Crippen molar-refractivity contribution in [3.8, 4) is 0 Å². The minimum Gasteiger partial charge on any atom is -0.339 e. The zero-order valence-electron chi connectivity index (χ0n) is 18.2. The third-order valence-electron chi connectivity index (χ3n) is 6.47. The maximum Gasteiger partial charge on any atom is 0.228 e. The Kier molecular flexibility index (Phi) is 6.53. The van der Waals surface area contributed by atoms with Gasteiger partial charge in [-0.05, 0) is 30.2 Å². The molecule has 2 aromatic carbocycles. The quantitative estimate of drug-likeness (QED) is 0.723. The van der Waals surface area contributed by atoms with Gasteiger partial charge in [-0.1, -0.05) is 42.5 Å². The van der Waals surface area contributed by atoms with Crippen molar-refractivity contribution in [1.29, 1.82) is 0 Å². The van der Waals surface area contributed by atoms with Gasteiger partial charge in [0.15, 0.2) is 0 Å². The van der Waals surface area contributed by atoms with E-state index in [1.54, 1.807) is 26.8 Å². The minimum atomic E-state index is -0.338. The van der Waals surface area contributed by atoms with E-state index >= 15 is 0 Å². The topological polar surface area (TPSA) is 60.9 Å². The highest BCUT2D eigenvalue weighted by Crippen LogP contribution is 2.29. The first-order valence-electron chi connectivity index (χ1n) is 11.1. The maximum absolute atomic E-state index is 13.1. The number of amides is 3. The fourth-order valence-corrected chi connectivity index (χ4v) is 4.51. The van der Waals surface area contributed by atoms with E-state index in [1.165, 1.54) is 12.1 Å². The van der Waals surface area contributed by atoms with E-state index in [9.17, 15) is 18.8 Å². The van der Waals surface area contributed by atoms with Gasteiger partial charge in [-0.25, -0.2) is 4.39 Å². The van der Waals surface area contributed by atoms with Crippen LogP contribution in [0.4, 0.5) is 4.39 Å². The summed E-state index contributed by atoms with van der Waals surface area (Å²) in [5.41, 5.74) is 1.83. The van der Waals surface area contributed by atoms with Crippen molar-refractivity contribution in [1.82, 2.24) is 14.7 Å². The Labute approximate surface area is 187 Å². The van der Waals surface area contributed by atoms with E-state index in [4.69, 9.17) is 0 Å². The molecule has 2 aliphatic heterocycles. The van der Waals surface area contributed by atoms with Crippen LogP contribution in [-0.2, 0) is 20.8 Å². The maximum atomic E-state index is 13.1. The van der Waals surface area contributed by atoms with Crippen LogP contribution in [0.5, 0.6) is 0 Å². The highest BCUT2D eigenvalue weighted by atomic mass is 19.1. The van der Waals surface area contributed by atoms with Gasteiger partial charge in [0.2, 0.25) is 17.7 Å². The van der Waals surface area contributed by atoms with Gasteiger partial charge in [-0.2, -0.15) is 0 Å². The number of piperazine rings is 1. The van der Waals surface area contributed by atoms with Crippen LogP contribution in [0.15, 0.2) is 54.6 Å². The summed E-state index contributed by atoms with van der Waals surface area (Å²) in [4.78, 5) is 43.5. The summed E-state index contributed by atoms with van der Waals surface area (Å²) in [6, 6.07) is 15.7. The second-order valence-corrected chi connectivity index (χ2v) is 8.54. The van der Waals surface area contributed by atoms with E-state index in [2.05, 4.69) is 0 Å². The van der Waals surface area contributed by atoms with Crippen molar-refractivity contribution in [3.63, 3.8) is 0 Å². The highest BCUT2D eigenvalue weighted by Gasteiger charge is 2.39. The van der Waals surface area contributed by atoms with Crippen LogP contribution in [0.1, 0.15) is 30.5 Å². The lowest BCUT2D eigenvalue weighted by atomic mass is 10.1. The van der Waals surface area contributed by atoms with E-state index in [0.717, 1.165) is 11.1 Å². The Hall–Kier alpha value is -3.22. The molecule has 0 spiro atoms. The first-order valence-corrected chi connectivity index (χ1v) is 11.1. The summed E-state index contributed by atoms with van der Waals surface area (Å²) >= 11 is 0. The molecule has 3 amide bonds. The predicted octanol–water partition coefficient (Wildman–Crippen LogP) is 2.65. The Balaban J connectivity index is 1.29. The summed E-state index contributed by atoms with van der Waals surface area (Å²) in [6.07, 6.45) is 0.456. The van der Waals surface area contributed by atoms with Crippen LogP contribution in [0.25, 0.3) is 0 Å². The molecule has 0 saturated carbocycles. The van der Waals surface area contributed by atoms with Crippen LogP contribution >= 0.6 is 0 Å². The van der Waals surface area contributed by atoms with Gasteiger partial charge in [0.1, 0.15) is 5.82 Å². The molecular weight excluding hydrogens is 409 g/mol. The first-order chi connectivity index (χ1) is 15.4. The molecule has 4 rings (SSSR count). The van der Waals surface area contributed by atoms with Crippen LogP contribution in [0.3, 0.4) is 0 Å². The molecular formula is C25H28FN3O3. The van der Waals surface area contributed by atoms with Gasteiger partial charge >= 0.3 is 0 Å². The molecule has 7 heteroatoms. The molecule has 0 aliphatic carbocycles. The third-order valence-corrected chi connectivity index (χ3v) is 6.47. The number of carbonyl (C=O) groups excluding carboxylic acids is 3. The van der Waals surface area contributed by atoms with Crippen molar-refractivity contribution >= 4 is 17.7 Å². The van der Waals surface area contributed by atoms with Crippen molar-refractivity contribution in [3.05, 3.63) is 71.5 Å². The van der Waals surface area contributed by atoms with Gasteiger partial charge in [0, 0.05) is 39.1 Å². The fraction of sp³-hybridized carbons (Fsp3) is 0.400. The average molecular weight is 438 g/mol. The fourth-order valence-electron chi connectivity index (χ4n) is 4.51. The van der Waals surface area contributed by atoms with E-state index in [-0.39, 0.29) is 48.3 Å². The summed E-state index contributed by atoms with van der Waals surface area (Å²) in [7, 11) is 0. The minimum absolute atomic E-state index is 0.00724. The number of nitrogens with zero attached hydrogens (tertiary/aromatic N) is 3. The molecule has 0 radical (unpaired) electrons. The summed E-state index contributed by atoms with van der Waals surface area (Å²) in [5, 5.41) is 0. The second-order valence-electron chi connectivity index (χ2n) is 8.54. The number of carbonyl (C=O) groups is 3. The Morgan fingerprint density at radius 2 is 1.59 bits per heavy atom. The number of halogens is 1. The molecule has 2 saturated heterocycles. The Morgan fingerprint density at radius 3 is 2.25 bits per heavy atom. The largest absolute Gasteiger partial charge is 0.339 e. The number of benzene rings is 2. The smallest absolute Gasteiger partial charge is 0.228 e. The van der Waals surface area contributed by atoms with Crippen LogP contribution in [-0.4, -0.2) is 65.1 Å². The monoisotopic (exact) mass is 437 g/mol. The van der Waals surface area contributed by atoms with Crippen molar-refractivity contribution in [2.24, 2.45) is 5.92 Å². The lowest BCUT2D eigenvalue weighted by Gasteiger charge is -2.36.